The van der Waals surface area contributed by atoms with Crippen LogP contribution in [-0.2, 0) is 0 Å². The van der Waals surface area contributed by atoms with Crippen molar-refractivity contribution >= 4 is 50.0 Å². The predicted molar refractivity (Wildman–Crippen MR) is 116 cm³/mol. The van der Waals surface area contributed by atoms with Gasteiger partial charge in [0, 0.05) is 5.92 Å². The summed E-state index contributed by atoms with van der Waals surface area (Å²) in [4.78, 5) is 0. The van der Waals surface area contributed by atoms with Gasteiger partial charge in [-0.05, 0) is 71.9 Å². The molecule has 0 saturated carbocycles. The molecule has 0 aromatic heterocycles. The first-order valence-electron chi connectivity index (χ1n) is 9.58. The Morgan fingerprint density at radius 1 is 0.630 bits per heavy atom. The molecular formula is C27H16. The molecule has 2 aliphatic carbocycles. The van der Waals surface area contributed by atoms with Gasteiger partial charge in [-0.3, -0.25) is 0 Å². The molecule has 0 heterocycles. The Morgan fingerprint density at radius 2 is 1.33 bits per heavy atom. The number of fused-ring (bicyclic) bond motifs is 5. The SMILES string of the molecule is C1=C2c3cc4cccc5cccc(c3=CC2c2cccc3cccc1c23)c54. The van der Waals surface area contributed by atoms with E-state index in [1.165, 1.54) is 59.8 Å². The van der Waals surface area contributed by atoms with Gasteiger partial charge in [0.05, 0.1) is 0 Å². The Morgan fingerprint density at radius 3 is 2.22 bits per heavy atom. The van der Waals surface area contributed by atoms with E-state index in [1.54, 1.807) is 0 Å². The van der Waals surface area contributed by atoms with Gasteiger partial charge in [-0.2, -0.15) is 0 Å². The van der Waals surface area contributed by atoms with E-state index in [4.69, 9.17) is 0 Å². The van der Waals surface area contributed by atoms with E-state index in [-0.39, 0.29) is 0 Å². The lowest BCUT2D eigenvalue weighted by Crippen LogP contribution is -2.05. The van der Waals surface area contributed by atoms with Crippen LogP contribution < -0.4 is 5.22 Å². The Hall–Kier alpha value is -3.38. The van der Waals surface area contributed by atoms with E-state index in [1.807, 2.05) is 0 Å². The summed E-state index contributed by atoms with van der Waals surface area (Å²) in [6.07, 6.45) is 4.91. The van der Waals surface area contributed by atoms with Crippen LogP contribution >= 0.6 is 0 Å². The molecule has 0 fully saturated rings. The van der Waals surface area contributed by atoms with E-state index in [0.717, 1.165) is 0 Å². The van der Waals surface area contributed by atoms with E-state index in [0.29, 0.717) is 5.92 Å². The summed E-state index contributed by atoms with van der Waals surface area (Å²) in [6, 6.07) is 29.2. The molecule has 0 saturated heterocycles. The molecule has 5 aromatic rings. The molecule has 0 N–H and O–H groups in total. The summed E-state index contributed by atoms with van der Waals surface area (Å²) in [7, 11) is 0. The van der Waals surface area contributed by atoms with Gasteiger partial charge in [0.25, 0.3) is 0 Å². The lowest BCUT2D eigenvalue weighted by Gasteiger charge is -2.22. The lowest BCUT2D eigenvalue weighted by atomic mass is 9.81. The summed E-state index contributed by atoms with van der Waals surface area (Å²) in [6.45, 7) is 0. The Balaban J connectivity index is 1.66. The smallest absolute Gasteiger partial charge is 0.0291 e. The third kappa shape index (κ3) is 1.64. The van der Waals surface area contributed by atoms with Crippen molar-refractivity contribution in [3.63, 3.8) is 0 Å². The monoisotopic (exact) mass is 340 g/mol. The predicted octanol–water partition coefficient (Wildman–Crippen LogP) is 6.30. The van der Waals surface area contributed by atoms with Crippen molar-refractivity contribution in [3.05, 3.63) is 101 Å². The molecule has 0 radical (unpaired) electrons. The highest BCUT2D eigenvalue weighted by Gasteiger charge is 2.29. The molecule has 2 aliphatic rings. The molecule has 1 unspecified atom stereocenters. The molecule has 0 bridgehead atoms. The van der Waals surface area contributed by atoms with Crippen LogP contribution in [0.4, 0.5) is 0 Å². The average molecular weight is 340 g/mol. The van der Waals surface area contributed by atoms with Crippen LogP contribution in [0, 0.1) is 0 Å². The van der Waals surface area contributed by atoms with Crippen LogP contribution in [0.5, 0.6) is 0 Å². The maximum Gasteiger partial charge on any atom is 0.0291 e. The zero-order valence-electron chi connectivity index (χ0n) is 14.7. The van der Waals surface area contributed by atoms with E-state index in [2.05, 4.69) is 91.0 Å². The molecule has 0 nitrogen and oxygen atoms in total. The molecule has 0 aliphatic heterocycles. The van der Waals surface area contributed by atoms with Crippen LogP contribution in [0.15, 0.2) is 78.9 Å². The van der Waals surface area contributed by atoms with Crippen molar-refractivity contribution in [2.45, 2.75) is 5.92 Å². The van der Waals surface area contributed by atoms with Crippen molar-refractivity contribution in [2.24, 2.45) is 0 Å². The normalized spacial score (nSPS) is 17.0. The van der Waals surface area contributed by atoms with Crippen LogP contribution in [0.3, 0.4) is 0 Å². The minimum atomic E-state index is 0.356. The fourth-order valence-corrected chi connectivity index (χ4v) is 5.31. The highest BCUT2D eigenvalue weighted by molar-refractivity contribution is 6.15. The van der Waals surface area contributed by atoms with Crippen LogP contribution in [0.1, 0.15) is 22.6 Å². The van der Waals surface area contributed by atoms with Crippen LogP contribution in [-0.4, -0.2) is 0 Å². The van der Waals surface area contributed by atoms with E-state index < -0.39 is 0 Å². The summed E-state index contributed by atoms with van der Waals surface area (Å²) in [5, 5.41) is 9.61. The highest BCUT2D eigenvalue weighted by atomic mass is 14.3. The average Bonchev–Trinajstić information content (AvgIpc) is 3.08. The molecule has 124 valence electrons. The van der Waals surface area contributed by atoms with Crippen molar-refractivity contribution in [3.8, 4) is 0 Å². The Labute approximate surface area is 157 Å². The minimum Gasteiger partial charge on any atom is -0.0641 e. The minimum absolute atomic E-state index is 0.356. The maximum atomic E-state index is 2.49. The van der Waals surface area contributed by atoms with Crippen LogP contribution in [0.25, 0.3) is 50.0 Å². The highest BCUT2D eigenvalue weighted by Crippen LogP contribution is 2.46. The molecule has 0 spiro atoms. The molecule has 0 amide bonds. The number of rotatable bonds is 0. The summed E-state index contributed by atoms with van der Waals surface area (Å²) in [5.74, 6) is 0.356. The van der Waals surface area contributed by atoms with Gasteiger partial charge in [0.2, 0.25) is 0 Å². The van der Waals surface area contributed by atoms with Gasteiger partial charge in [-0.15, -0.1) is 0 Å². The second-order valence-corrected chi connectivity index (χ2v) is 7.76. The van der Waals surface area contributed by atoms with Crippen molar-refractivity contribution in [1.82, 2.24) is 0 Å². The fraction of sp³-hybridized carbons (Fsp3) is 0.0370. The fourth-order valence-electron chi connectivity index (χ4n) is 5.31. The standard InChI is InChI=1S/C27H16/c1-5-16-7-3-11-20-24-15-25-21-12-4-8-17-6-2-10-19(27(17)21)14-23(25)22(24)13-18(9-1)26(16)20/h1-15,24H. The number of hydrogen-bond donors (Lipinski definition) is 0. The first-order chi connectivity index (χ1) is 13.4. The lowest BCUT2D eigenvalue weighted by molar-refractivity contribution is 1.21. The zero-order chi connectivity index (χ0) is 17.5. The van der Waals surface area contributed by atoms with Gasteiger partial charge >= 0.3 is 0 Å². The second-order valence-electron chi connectivity index (χ2n) is 7.76. The number of benzene rings is 5. The molecule has 27 heavy (non-hydrogen) atoms. The van der Waals surface area contributed by atoms with Crippen molar-refractivity contribution < 1.29 is 0 Å². The zero-order valence-corrected chi connectivity index (χ0v) is 14.7. The largest absolute Gasteiger partial charge is 0.0641 e. The third-order valence-electron chi connectivity index (χ3n) is 6.41. The van der Waals surface area contributed by atoms with Crippen molar-refractivity contribution in [1.29, 1.82) is 0 Å². The summed E-state index contributed by atoms with van der Waals surface area (Å²) >= 11 is 0. The number of allylic oxidation sites excluding steroid dienone is 1. The van der Waals surface area contributed by atoms with Crippen molar-refractivity contribution in [2.75, 3.05) is 0 Å². The molecule has 0 heteroatoms. The molecular weight excluding hydrogens is 324 g/mol. The first-order valence-corrected chi connectivity index (χ1v) is 9.58. The maximum absolute atomic E-state index is 2.49. The van der Waals surface area contributed by atoms with Gasteiger partial charge in [-0.1, -0.05) is 78.9 Å². The van der Waals surface area contributed by atoms with E-state index in [9.17, 15) is 0 Å². The van der Waals surface area contributed by atoms with Gasteiger partial charge in [0.1, 0.15) is 0 Å². The topological polar surface area (TPSA) is 0 Å². The third-order valence-corrected chi connectivity index (χ3v) is 6.41. The Kier molecular flexibility index (Phi) is 2.38. The molecule has 7 rings (SSSR count). The summed E-state index contributed by atoms with van der Waals surface area (Å²) in [5.41, 5.74) is 5.64. The van der Waals surface area contributed by atoms with Gasteiger partial charge in [0.15, 0.2) is 0 Å². The molecule has 1 atom stereocenters. The second kappa shape index (κ2) is 4.66. The van der Waals surface area contributed by atoms with Gasteiger partial charge in [-0.25, -0.2) is 0 Å². The van der Waals surface area contributed by atoms with Crippen LogP contribution in [0.2, 0.25) is 0 Å². The number of hydrogen-bond acceptors (Lipinski definition) is 0. The quantitative estimate of drug-likeness (QED) is 0.310. The first kappa shape index (κ1) is 13.8. The molecule has 5 aromatic carbocycles. The Bertz CT molecular complexity index is 1500. The summed E-state index contributed by atoms with van der Waals surface area (Å²) < 4.78 is 0. The van der Waals surface area contributed by atoms with E-state index >= 15 is 0 Å². The van der Waals surface area contributed by atoms with Gasteiger partial charge < -0.3 is 0 Å².